The van der Waals surface area contributed by atoms with Crippen LogP contribution in [0.5, 0.6) is 0 Å². The molecule has 0 aliphatic carbocycles. The van der Waals surface area contributed by atoms with Crippen molar-refractivity contribution in [3.05, 3.63) is 188 Å². The zero-order valence-corrected chi connectivity index (χ0v) is 29.5. The topological polar surface area (TPSA) is 38.7 Å². The van der Waals surface area contributed by atoms with E-state index in [-0.39, 0.29) is 0 Å². The van der Waals surface area contributed by atoms with Crippen molar-refractivity contribution in [2.75, 3.05) is 0 Å². The Bertz CT molecular complexity index is 2710. The maximum Gasteiger partial charge on any atom is 0.164 e. The first-order valence-corrected chi connectivity index (χ1v) is 18.6. The molecule has 8 aromatic carbocycles. The fraction of sp³-hybridized carbons (Fsp3) is 0. The van der Waals surface area contributed by atoms with Gasteiger partial charge in [0.1, 0.15) is 0 Å². The summed E-state index contributed by atoms with van der Waals surface area (Å²) >= 11 is 1.86. The van der Waals surface area contributed by atoms with Gasteiger partial charge in [-0.1, -0.05) is 188 Å². The highest BCUT2D eigenvalue weighted by Crippen LogP contribution is 2.52. The van der Waals surface area contributed by atoms with Crippen LogP contribution in [-0.4, -0.2) is 15.0 Å². The number of fused-ring (bicyclic) bond motifs is 2. The molecule has 1 aliphatic heterocycles. The van der Waals surface area contributed by atoms with Crippen LogP contribution in [0.25, 0.3) is 89.4 Å². The average molecular weight is 694 g/mol. The highest BCUT2D eigenvalue weighted by atomic mass is 32.2. The largest absolute Gasteiger partial charge is 0.208 e. The third-order valence-corrected chi connectivity index (χ3v) is 11.1. The molecule has 0 saturated heterocycles. The fourth-order valence-electron chi connectivity index (χ4n) is 7.38. The highest BCUT2D eigenvalue weighted by molar-refractivity contribution is 7.99. The van der Waals surface area contributed by atoms with E-state index < -0.39 is 0 Å². The van der Waals surface area contributed by atoms with Crippen LogP contribution < -0.4 is 0 Å². The molecule has 53 heavy (non-hydrogen) atoms. The highest BCUT2D eigenvalue weighted by Gasteiger charge is 2.24. The molecule has 0 fully saturated rings. The summed E-state index contributed by atoms with van der Waals surface area (Å²) in [7, 11) is 0. The van der Waals surface area contributed by atoms with Crippen LogP contribution in [0.1, 0.15) is 0 Å². The average Bonchev–Trinajstić information content (AvgIpc) is 3.24. The third kappa shape index (κ3) is 5.70. The van der Waals surface area contributed by atoms with Gasteiger partial charge in [-0.25, -0.2) is 15.0 Å². The van der Waals surface area contributed by atoms with Gasteiger partial charge in [0.05, 0.1) is 0 Å². The molecule has 0 bridgehead atoms. The van der Waals surface area contributed by atoms with Crippen LogP contribution in [0.4, 0.5) is 0 Å². The van der Waals surface area contributed by atoms with Crippen molar-refractivity contribution in [1.29, 1.82) is 0 Å². The maximum atomic E-state index is 4.94. The molecule has 10 rings (SSSR count). The Balaban J connectivity index is 1.04. The van der Waals surface area contributed by atoms with E-state index >= 15 is 0 Å². The number of benzene rings is 8. The molecule has 0 radical (unpaired) electrons. The number of hydrogen-bond acceptors (Lipinski definition) is 4. The molecule has 248 valence electrons. The van der Waals surface area contributed by atoms with Gasteiger partial charge in [-0.3, -0.25) is 0 Å². The van der Waals surface area contributed by atoms with Crippen molar-refractivity contribution < 1.29 is 0 Å². The van der Waals surface area contributed by atoms with Crippen LogP contribution in [0.3, 0.4) is 0 Å². The van der Waals surface area contributed by atoms with Crippen molar-refractivity contribution in [2.24, 2.45) is 0 Å². The van der Waals surface area contributed by atoms with Crippen molar-refractivity contribution in [3.63, 3.8) is 0 Å². The van der Waals surface area contributed by atoms with Crippen molar-refractivity contribution in [1.82, 2.24) is 15.0 Å². The second kappa shape index (κ2) is 13.2. The Labute approximate surface area is 312 Å². The molecule has 0 atom stereocenters. The summed E-state index contributed by atoms with van der Waals surface area (Å²) in [5.74, 6) is 1.97. The van der Waals surface area contributed by atoms with E-state index in [1.54, 1.807) is 0 Å². The van der Waals surface area contributed by atoms with Crippen molar-refractivity contribution in [2.45, 2.75) is 9.79 Å². The van der Waals surface area contributed by atoms with Gasteiger partial charge >= 0.3 is 0 Å². The summed E-state index contributed by atoms with van der Waals surface area (Å²) in [5, 5.41) is 2.55. The molecule has 1 aliphatic rings. The lowest BCUT2D eigenvalue weighted by molar-refractivity contribution is 1.07. The van der Waals surface area contributed by atoms with Crippen molar-refractivity contribution >= 4 is 22.5 Å². The third-order valence-electron chi connectivity index (χ3n) is 9.97. The zero-order chi connectivity index (χ0) is 35.1. The fourth-order valence-corrected chi connectivity index (χ4v) is 8.55. The first-order chi connectivity index (χ1) is 26.3. The minimum Gasteiger partial charge on any atom is -0.208 e. The number of aromatic nitrogens is 3. The van der Waals surface area contributed by atoms with E-state index in [9.17, 15) is 0 Å². The van der Waals surface area contributed by atoms with Crippen LogP contribution in [-0.2, 0) is 0 Å². The Morgan fingerprint density at radius 2 is 0.736 bits per heavy atom. The summed E-state index contributed by atoms with van der Waals surface area (Å²) < 4.78 is 0. The Kier molecular flexibility index (Phi) is 7.74. The van der Waals surface area contributed by atoms with Gasteiger partial charge in [-0.2, -0.15) is 0 Å². The molecule has 0 saturated carbocycles. The van der Waals surface area contributed by atoms with Gasteiger partial charge in [-0.05, 0) is 56.5 Å². The van der Waals surface area contributed by atoms with E-state index in [1.165, 1.54) is 59.5 Å². The van der Waals surface area contributed by atoms with Crippen LogP contribution in [0, 0.1) is 0 Å². The Hall–Kier alpha value is -6.62. The van der Waals surface area contributed by atoms with Gasteiger partial charge in [-0.15, -0.1) is 0 Å². The van der Waals surface area contributed by atoms with E-state index in [2.05, 4.69) is 127 Å². The molecular weight excluding hydrogens is 663 g/mol. The first kappa shape index (κ1) is 31.1. The van der Waals surface area contributed by atoms with Crippen LogP contribution in [0.2, 0.25) is 0 Å². The second-order valence-corrected chi connectivity index (χ2v) is 14.3. The summed E-state index contributed by atoms with van der Waals surface area (Å²) in [6.45, 7) is 0. The summed E-state index contributed by atoms with van der Waals surface area (Å²) in [4.78, 5) is 17.3. The summed E-state index contributed by atoms with van der Waals surface area (Å²) in [6, 6.07) is 66.4. The predicted molar refractivity (Wildman–Crippen MR) is 220 cm³/mol. The van der Waals surface area contributed by atoms with Crippen LogP contribution >= 0.6 is 11.8 Å². The van der Waals surface area contributed by atoms with Gasteiger partial charge in [0, 0.05) is 37.4 Å². The molecule has 1 aromatic heterocycles. The minimum atomic E-state index is 0.651. The lowest BCUT2D eigenvalue weighted by Gasteiger charge is -2.24. The normalized spacial score (nSPS) is 11.7. The van der Waals surface area contributed by atoms with Gasteiger partial charge in [0.15, 0.2) is 17.5 Å². The maximum absolute atomic E-state index is 4.94. The number of rotatable bonds is 6. The Morgan fingerprint density at radius 1 is 0.283 bits per heavy atom. The van der Waals surface area contributed by atoms with E-state index in [0.29, 0.717) is 17.5 Å². The Morgan fingerprint density at radius 3 is 1.34 bits per heavy atom. The second-order valence-electron chi connectivity index (χ2n) is 13.2. The molecule has 0 N–H and O–H groups in total. The number of nitrogens with zero attached hydrogens (tertiary/aromatic N) is 3. The minimum absolute atomic E-state index is 0.651. The lowest BCUT2D eigenvalue weighted by atomic mass is 9.88. The molecule has 0 spiro atoms. The van der Waals surface area contributed by atoms with E-state index in [4.69, 9.17) is 15.0 Å². The van der Waals surface area contributed by atoms with Crippen molar-refractivity contribution in [3.8, 4) is 78.7 Å². The standard InChI is InChI=1S/C49H31N3S/c1-4-12-32(13-5-1)33-22-24-35(25-23-33)40-18-11-21-43-45(40)42-20-10-19-41-39(30-31-44(53-43)46(41)42)34-26-28-38(29-27-34)49-51-47(36-14-6-2-7-15-36)50-48(52-49)37-16-8-3-9-17-37/h1-31H. The molecule has 2 heterocycles. The number of hydrogen-bond donors (Lipinski definition) is 0. The quantitative estimate of drug-likeness (QED) is 0.174. The van der Waals surface area contributed by atoms with Gasteiger partial charge in [0.2, 0.25) is 0 Å². The molecule has 0 amide bonds. The molecule has 3 nitrogen and oxygen atoms in total. The predicted octanol–water partition coefficient (Wildman–Crippen LogP) is 13.2. The van der Waals surface area contributed by atoms with E-state index in [1.807, 2.05) is 72.4 Å². The monoisotopic (exact) mass is 693 g/mol. The van der Waals surface area contributed by atoms with Gasteiger partial charge in [0.25, 0.3) is 0 Å². The smallest absolute Gasteiger partial charge is 0.164 e. The van der Waals surface area contributed by atoms with Gasteiger partial charge < -0.3 is 0 Å². The summed E-state index contributed by atoms with van der Waals surface area (Å²) in [5.41, 5.74) is 12.7. The first-order valence-electron chi connectivity index (χ1n) is 17.8. The lowest BCUT2D eigenvalue weighted by Crippen LogP contribution is -2.00. The van der Waals surface area contributed by atoms with Crippen LogP contribution in [0.15, 0.2) is 198 Å². The molecule has 9 aromatic rings. The molecule has 0 unspecified atom stereocenters. The van der Waals surface area contributed by atoms with E-state index in [0.717, 1.165) is 22.3 Å². The zero-order valence-electron chi connectivity index (χ0n) is 28.6. The molecule has 4 heteroatoms. The SMILES string of the molecule is c1ccc(-c2ccc(-c3cccc4c3-c3cccc5c(-c6ccc(-c7nc(-c8ccccc8)nc(-c8ccccc8)n7)cc6)ccc(c35)S4)cc2)cc1. The summed E-state index contributed by atoms with van der Waals surface area (Å²) in [6.07, 6.45) is 0. The molecular formula is C49H31N3S.